The predicted octanol–water partition coefficient (Wildman–Crippen LogP) is 3.72. The molecule has 0 spiro atoms. The molecule has 0 aromatic carbocycles. The molecule has 0 aliphatic carbocycles. The van der Waals surface area contributed by atoms with Crippen LogP contribution in [-0.2, 0) is 10.1 Å². The summed E-state index contributed by atoms with van der Waals surface area (Å²) in [7, 11) is -4.13. The molecule has 0 amide bonds. The molecule has 0 aromatic heterocycles. The van der Waals surface area contributed by atoms with Gasteiger partial charge in [-0.2, -0.15) is 0 Å². The number of aliphatic hydroxyl groups excluding tert-OH is 1. The standard InChI is InChI=1S/C23H48O4S.Na/c1-2-3-17-20-23(28(25,26)27)21-18-15-13-11-9-7-5-4-6-8-10-12-14-16-19-22-24;/h23-24H,2-22H2,1H3,(H,25,26,27);/q;+1/p-1. The van der Waals surface area contributed by atoms with Gasteiger partial charge in [0, 0.05) is 11.9 Å². The maximum atomic E-state index is 11.4. The van der Waals surface area contributed by atoms with Gasteiger partial charge >= 0.3 is 29.6 Å². The fourth-order valence-corrected chi connectivity index (χ4v) is 4.75. The number of hydrogen-bond acceptors (Lipinski definition) is 4. The van der Waals surface area contributed by atoms with Gasteiger partial charge in [-0.25, -0.2) is 8.42 Å². The van der Waals surface area contributed by atoms with E-state index in [9.17, 15) is 13.0 Å². The van der Waals surface area contributed by atoms with Crippen LogP contribution in [0.4, 0.5) is 0 Å². The third-order valence-electron chi connectivity index (χ3n) is 5.72. The van der Waals surface area contributed by atoms with Crippen LogP contribution in [-0.4, -0.2) is 29.9 Å². The third kappa shape index (κ3) is 23.4. The van der Waals surface area contributed by atoms with Crippen molar-refractivity contribution in [1.82, 2.24) is 0 Å². The Kier molecular flexibility index (Phi) is 26.0. The average Bonchev–Trinajstić information content (AvgIpc) is 2.65. The monoisotopic (exact) mass is 442 g/mol. The van der Waals surface area contributed by atoms with Gasteiger partial charge in [-0.3, -0.25) is 0 Å². The van der Waals surface area contributed by atoms with Gasteiger partial charge in [-0.05, 0) is 19.3 Å². The van der Waals surface area contributed by atoms with Crippen molar-refractivity contribution in [3.05, 3.63) is 0 Å². The number of rotatable bonds is 22. The van der Waals surface area contributed by atoms with E-state index in [4.69, 9.17) is 5.11 Å². The van der Waals surface area contributed by atoms with E-state index >= 15 is 0 Å². The van der Waals surface area contributed by atoms with Gasteiger partial charge in [0.05, 0.1) is 10.1 Å². The van der Waals surface area contributed by atoms with Gasteiger partial charge in [-0.1, -0.05) is 116 Å². The van der Waals surface area contributed by atoms with Crippen LogP contribution in [0.15, 0.2) is 0 Å². The molecule has 1 unspecified atom stereocenters. The molecule has 0 heterocycles. The van der Waals surface area contributed by atoms with Crippen molar-refractivity contribution in [2.45, 2.75) is 141 Å². The maximum Gasteiger partial charge on any atom is 1.00 e. The molecule has 4 nitrogen and oxygen atoms in total. The predicted molar refractivity (Wildman–Crippen MR) is 119 cm³/mol. The summed E-state index contributed by atoms with van der Waals surface area (Å²) in [6.45, 7) is 2.42. The maximum absolute atomic E-state index is 11.4. The minimum Gasteiger partial charge on any atom is -0.748 e. The molecule has 29 heavy (non-hydrogen) atoms. The van der Waals surface area contributed by atoms with Crippen molar-refractivity contribution in [1.29, 1.82) is 0 Å². The van der Waals surface area contributed by atoms with Gasteiger partial charge in [0.2, 0.25) is 0 Å². The summed E-state index contributed by atoms with van der Waals surface area (Å²) in [5.74, 6) is 0. The Labute approximate surface area is 204 Å². The Morgan fingerprint density at radius 2 is 0.931 bits per heavy atom. The number of aliphatic hydroxyl groups is 1. The molecule has 0 aromatic rings. The molecule has 0 saturated heterocycles. The van der Waals surface area contributed by atoms with Crippen molar-refractivity contribution in [2.24, 2.45) is 0 Å². The van der Waals surface area contributed by atoms with Crippen molar-refractivity contribution in [3.63, 3.8) is 0 Å². The summed E-state index contributed by atoms with van der Waals surface area (Å²) in [6, 6.07) is 0. The molecule has 0 aliphatic heterocycles. The van der Waals surface area contributed by atoms with E-state index in [1.54, 1.807) is 0 Å². The fourth-order valence-electron chi connectivity index (χ4n) is 3.84. The zero-order chi connectivity index (χ0) is 20.9. The summed E-state index contributed by atoms with van der Waals surface area (Å²) >= 11 is 0. The molecule has 0 saturated carbocycles. The van der Waals surface area contributed by atoms with E-state index in [0.717, 1.165) is 44.9 Å². The van der Waals surface area contributed by atoms with Crippen LogP contribution in [0.1, 0.15) is 135 Å². The van der Waals surface area contributed by atoms with Crippen LogP contribution >= 0.6 is 0 Å². The summed E-state index contributed by atoms with van der Waals surface area (Å²) in [5.41, 5.74) is 0. The summed E-state index contributed by atoms with van der Waals surface area (Å²) in [4.78, 5) is 0. The van der Waals surface area contributed by atoms with Crippen molar-refractivity contribution >= 4 is 10.1 Å². The van der Waals surface area contributed by atoms with Crippen LogP contribution in [0.3, 0.4) is 0 Å². The van der Waals surface area contributed by atoms with Crippen LogP contribution in [0.5, 0.6) is 0 Å². The number of unbranched alkanes of at least 4 members (excludes halogenated alkanes) is 16. The molecular weight excluding hydrogens is 395 g/mol. The first-order valence-electron chi connectivity index (χ1n) is 12.1. The quantitative estimate of drug-likeness (QED) is 0.157. The van der Waals surface area contributed by atoms with Gasteiger partial charge in [0.15, 0.2) is 0 Å². The Morgan fingerprint density at radius 1 is 0.621 bits per heavy atom. The second-order valence-corrected chi connectivity index (χ2v) is 10.1. The fraction of sp³-hybridized carbons (Fsp3) is 1.00. The van der Waals surface area contributed by atoms with E-state index in [2.05, 4.69) is 6.92 Å². The van der Waals surface area contributed by atoms with Crippen molar-refractivity contribution in [3.8, 4) is 0 Å². The van der Waals surface area contributed by atoms with E-state index in [1.165, 1.54) is 70.6 Å². The second kappa shape index (κ2) is 23.5. The van der Waals surface area contributed by atoms with Gasteiger partial charge in [-0.15, -0.1) is 0 Å². The van der Waals surface area contributed by atoms with Gasteiger partial charge < -0.3 is 9.66 Å². The SMILES string of the molecule is CCCCCC(CCCCCCCCCCCCCCCCCO)S(=O)(=O)[O-].[Na+]. The van der Waals surface area contributed by atoms with E-state index in [1.807, 2.05) is 0 Å². The molecule has 1 atom stereocenters. The van der Waals surface area contributed by atoms with Crippen LogP contribution < -0.4 is 29.6 Å². The normalized spacial score (nSPS) is 12.7. The molecule has 170 valence electrons. The van der Waals surface area contributed by atoms with E-state index in [-0.39, 0.29) is 29.6 Å². The Hall–Kier alpha value is 0.870. The van der Waals surface area contributed by atoms with Crippen molar-refractivity contribution < 1.29 is 47.6 Å². The van der Waals surface area contributed by atoms with Gasteiger partial charge in [0.25, 0.3) is 0 Å². The Balaban J connectivity index is 0. The molecular formula is C23H47NaO4S. The van der Waals surface area contributed by atoms with Crippen LogP contribution in [0.2, 0.25) is 0 Å². The minimum absolute atomic E-state index is 0. The minimum atomic E-state index is -4.13. The van der Waals surface area contributed by atoms with Crippen LogP contribution in [0, 0.1) is 0 Å². The topological polar surface area (TPSA) is 77.4 Å². The molecule has 0 aliphatic rings. The zero-order valence-corrected chi connectivity index (χ0v) is 22.3. The molecule has 0 fully saturated rings. The van der Waals surface area contributed by atoms with Crippen LogP contribution in [0.25, 0.3) is 0 Å². The zero-order valence-electron chi connectivity index (χ0n) is 19.5. The first-order valence-corrected chi connectivity index (χ1v) is 13.5. The molecule has 1 N–H and O–H groups in total. The van der Waals surface area contributed by atoms with E-state index in [0.29, 0.717) is 19.4 Å². The van der Waals surface area contributed by atoms with Gasteiger partial charge in [0.1, 0.15) is 0 Å². The molecule has 0 bridgehead atoms. The molecule has 0 rings (SSSR count). The average molecular weight is 443 g/mol. The smallest absolute Gasteiger partial charge is 0.748 e. The van der Waals surface area contributed by atoms with E-state index < -0.39 is 15.4 Å². The molecule has 6 heteroatoms. The number of hydrogen-bond donors (Lipinski definition) is 1. The second-order valence-electron chi connectivity index (χ2n) is 8.43. The third-order valence-corrected chi connectivity index (χ3v) is 7.01. The first-order chi connectivity index (χ1) is 13.5. The summed E-state index contributed by atoms with van der Waals surface area (Å²) in [6.07, 6.45) is 22.3. The molecule has 0 radical (unpaired) electrons. The summed E-state index contributed by atoms with van der Waals surface area (Å²) in [5, 5.41) is 8.07. The Morgan fingerprint density at radius 3 is 1.24 bits per heavy atom. The van der Waals surface area contributed by atoms with Crippen molar-refractivity contribution in [2.75, 3.05) is 6.61 Å². The Bertz CT molecular complexity index is 415. The largest absolute Gasteiger partial charge is 1.00 e. The first kappa shape index (κ1) is 32.1. The summed E-state index contributed by atoms with van der Waals surface area (Å²) < 4.78 is 34.1.